The number of furan rings is 1. The number of benzene rings is 3. The van der Waals surface area contributed by atoms with Crippen molar-refractivity contribution in [2.24, 2.45) is 0 Å². The molecule has 5 rings (SSSR count). The predicted octanol–water partition coefficient (Wildman–Crippen LogP) is 5.68. The Bertz CT molecular complexity index is 1130. The van der Waals surface area contributed by atoms with E-state index >= 15 is 0 Å². The smallest absolute Gasteiger partial charge is 0.135 e. The lowest BCUT2D eigenvalue weighted by atomic mass is 10.1. The number of para-hydroxylation sites is 2. The lowest BCUT2D eigenvalue weighted by molar-refractivity contribution is 0.399. The van der Waals surface area contributed by atoms with Crippen molar-refractivity contribution in [3.05, 3.63) is 84.6 Å². The van der Waals surface area contributed by atoms with E-state index in [9.17, 15) is 0 Å². The van der Waals surface area contributed by atoms with E-state index < -0.39 is 0 Å². The second kappa shape index (κ2) is 5.67. The third-order valence-corrected chi connectivity index (χ3v) is 5.33. The summed E-state index contributed by atoms with van der Waals surface area (Å²) in [4.78, 5) is 4.63. The number of rotatable bonds is 2. The zero-order chi connectivity index (χ0) is 17.7. The van der Waals surface area contributed by atoms with E-state index in [1.54, 1.807) is 0 Å². The highest BCUT2D eigenvalue weighted by atomic mass is 16.3. The van der Waals surface area contributed by atoms with Gasteiger partial charge in [0, 0.05) is 35.3 Å². The molecule has 0 saturated heterocycles. The third kappa shape index (κ3) is 2.21. The molecule has 0 spiro atoms. The molecule has 0 fully saturated rings. The minimum absolute atomic E-state index is 0.268. The van der Waals surface area contributed by atoms with Crippen LogP contribution in [0.1, 0.15) is 12.5 Å². The fourth-order valence-corrected chi connectivity index (χ4v) is 3.77. The highest BCUT2D eigenvalue weighted by molar-refractivity contribution is 6.05. The van der Waals surface area contributed by atoms with E-state index in [-0.39, 0.29) is 6.17 Å². The normalized spacial score (nSPS) is 17.3. The average molecular weight is 340 g/mol. The van der Waals surface area contributed by atoms with E-state index in [4.69, 9.17) is 4.42 Å². The Morgan fingerprint density at radius 2 is 1.54 bits per heavy atom. The van der Waals surface area contributed by atoms with Crippen molar-refractivity contribution in [1.82, 2.24) is 4.90 Å². The number of fused-ring (bicyclic) bond motifs is 3. The van der Waals surface area contributed by atoms with Gasteiger partial charge in [-0.1, -0.05) is 36.4 Å². The molecule has 0 aliphatic carbocycles. The van der Waals surface area contributed by atoms with E-state index in [0.29, 0.717) is 0 Å². The quantitative estimate of drug-likeness (QED) is 0.468. The molecule has 1 aromatic heterocycles. The largest absolute Gasteiger partial charge is 0.456 e. The first-order valence-corrected chi connectivity index (χ1v) is 8.92. The van der Waals surface area contributed by atoms with Gasteiger partial charge >= 0.3 is 0 Å². The Morgan fingerprint density at radius 3 is 2.38 bits per heavy atom. The van der Waals surface area contributed by atoms with Crippen LogP contribution in [-0.2, 0) is 0 Å². The highest BCUT2D eigenvalue weighted by Gasteiger charge is 2.27. The minimum Gasteiger partial charge on any atom is -0.456 e. The summed E-state index contributed by atoms with van der Waals surface area (Å²) in [5.41, 5.74) is 5.50. The first-order valence-electron chi connectivity index (χ1n) is 8.92. The molecule has 0 saturated carbocycles. The van der Waals surface area contributed by atoms with E-state index in [2.05, 4.69) is 90.6 Å². The second-order valence-corrected chi connectivity index (χ2v) is 6.81. The Balaban J connectivity index is 1.63. The van der Waals surface area contributed by atoms with Gasteiger partial charge in [0.1, 0.15) is 17.3 Å². The van der Waals surface area contributed by atoms with Gasteiger partial charge in [0.2, 0.25) is 0 Å². The number of hydrogen-bond acceptors (Lipinski definition) is 3. The maximum absolute atomic E-state index is 5.96. The number of hydrogen-bond donors (Lipinski definition) is 0. The molecule has 0 bridgehead atoms. The predicted molar refractivity (Wildman–Crippen MR) is 108 cm³/mol. The summed E-state index contributed by atoms with van der Waals surface area (Å²) in [7, 11) is 2.15. The Hall–Kier alpha value is -3.20. The van der Waals surface area contributed by atoms with Crippen LogP contribution in [0.25, 0.3) is 27.6 Å². The molecule has 2 heterocycles. The molecular weight excluding hydrogens is 320 g/mol. The van der Waals surface area contributed by atoms with E-state index in [1.807, 2.05) is 12.1 Å². The third-order valence-electron chi connectivity index (χ3n) is 5.33. The van der Waals surface area contributed by atoms with Crippen LogP contribution in [0.5, 0.6) is 0 Å². The molecule has 3 nitrogen and oxygen atoms in total. The summed E-state index contributed by atoms with van der Waals surface area (Å²) in [6.45, 7) is 2.22. The van der Waals surface area contributed by atoms with Crippen LogP contribution in [0.3, 0.4) is 0 Å². The summed E-state index contributed by atoms with van der Waals surface area (Å²) in [5, 5.41) is 2.33. The minimum atomic E-state index is 0.268. The lowest BCUT2D eigenvalue weighted by Gasteiger charge is -2.28. The van der Waals surface area contributed by atoms with Gasteiger partial charge in [-0.2, -0.15) is 0 Å². The van der Waals surface area contributed by atoms with Crippen molar-refractivity contribution in [3.63, 3.8) is 0 Å². The van der Waals surface area contributed by atoms with Gasteiger partial charge in [0.05, 0.1) is 5.70 Å². The molecule has 0 amide bonds. The second-order valence-electron chi connectivity index (χ2n) is 6.81. The van der Waals surface area contributed by atoms with E-state index in [0.717, 1.165) is 11.2 Å². The van der Waals surface area contributed by atoms with Gasteiger partial charge in [0.15, 0.2) is 0 Å². The van der Waals surface area contributed by atoms with Crippen LogP contribution < -0.4 is 4.90 Å². The molecule has 1 aliphatic heterocycles. The molecular formula is C23H20N2O. The fraction of sp³-hybridized carbons (Fsp3) is 0.130. The molecule has 3 heteroatoms. The highest BCUT2D eigenvalue weighted by Crippen LogP contribution is 2.36. The Labute approximate surface area is 152 Å². The molecule has 1 atom stereocenters. The summed E-state index contributed by atoms with van der Waals surface area (Å²) >= 11 is 0. The SMILES string of the molecule is CC1N(C)C(c2ccc3oc4ccccc4c3c2)=CN1c1ccccc1. The molecule has 128 valence electrons. The maximum Gasteiger partial charge on any atom is 0.135 e. The Morgan fingerprint density at radius 1 is 0.808 bits per heavy atom. The summed E-state index contributed by atoms with van der Waals surface area (Å²) < 4.78 is 5.96. The van der Waals surface area contributed by atoms with E-state index in [1.165, 1.54) is 27.7 Å². The summed E-state index contributed by atoms with van der Waals surface area (Å²) in [6, 6.07) is 25.2. The maximum atomic E-state index is 5.96. The van der Waals surface area contributed by atoms with Crippen molar-refractivity contribution < 1.29 is 4.42 Å². The monoisotopic (exact) mass is 340 g/mol. The summed E-state index contributed by atoms with van der Waals surface area (Å²) in [5.74, 6) is 0. The average Bonchev–Trinajstić information content (AvgIpc) is 3.20. The molecule has 3 aromatic carbocycles. The van der Waals surface area contributed by atoms with Crippen molar-refractivity contribution in [1.29, 1.82) is 0 Å². The summed E-state index contributed by atoms with van der Waals surface area (Å²) in [6.07, 6.45) is 2.51. The van der Waals surface area contributed by atoms with Crippen LogP contribution in [0.2, 0.25) is 0 Å². The zero-order valence-electron chi connectivity index (χ0n) is 14.9. The number of nitrogens with zero attached hydrogens (tertiary/aromatic N) is 2. The van der Waals surface area contributed by atoms with Crippen molar-refractivity contribution in [2.75, 3.05) is 11.9 Å². The molecule has 0 radical (unpaired) electrons. The van der Waals surface area contributed by atoms with Crippen LogP contribution in [0.15, 0.2) is 83.4 Å². The van der Waals surface area contributed by atoms with Gasteiger partial charge < -0.3 is 14.2 Å². The van der Waals surface area contributed by atoms with Gasteiger partial charge in [-0.15, -0.1) is 0 Å². The molecule has 1 aliphatic rings. The first kappa shape index (κ1) is 15.1. The standard InChI is InChI=1S/C23H20N2O/c1-16-24(2)21(15-25(16)18-8-4-3-5-9-18)17-12-13-23-20(14-17)19-10-6-7-11-22(19)26-23/h3-16H,1-2H3. The topological polar surface area (TPSA) is 19.6 Å². The zero-order valence-corrected chi connectivity index (χ0v) is 14.9. The van der Waals surface area contributed by atoms with Gasteiger partial charge in [-0.3, -0.25) is 0 Å². The number of anilines is 1. The van der Waals surface area contributed by atoms with Crippen LogP contribution in [0, 0.1) is 0 Å². The first-order chi connectivity index (χ1) is 12.7. The van der Waals surface area contributed by atoms with Crippen molar-refractivity contribution in [2.45, 2.75) is 13.1 Å². The molecule has 4 aromatic rings. The van der Waals surface area contributed by atoms with Gasteiger partial charge in [-0.05, 0) is 43.3 Å². The van der Waals surface area contributed by atoms with Gasteiger partial charge in [0.25, 0.3) is 0 Å². The van der Waals surface area contributed by atoms with Crippen molar-refractivity contribution >= 4 is 33.3 Å². The van der Waals surface area contributed by atoms with Crippen LogP contribution >= 0.6 is 0 Å². The van der Waals surface area contributed by atoms with Crippen molar-refractivity contribution in [3.8, 4) is 0 Å². The van der Waals surface area contributed by atoms with Gasteiger partial charge in [-0.25, -0.2) is 0 Å². The van der Waals surface area contributed by atoms with Crippen LogP contribution in [0.4, 0.5) is 5.69 Å². The fourth-order valence-electron chi connectivity index (χ4n) is 3.77. The Kier molecular flexibility index (Phi) is 3.29. The van der Waals surface area contributed by atoms with Crippen LogP contribution in [-0.4, -0.2) is 18.1 Å². The molecule has 0 N–H and O–H groups in total. The molecule has 26 heavy (non-hydrogen) atoms. The molecule has 1 unspecified atom stereocenters. The lowest BCUT2D eigenvalue weighted by Crippen LogP contribution is -2.34.